The van der Waals surface area contributed by atoms with Crippen LogP contribution in [0.5, 0.6) is 28.7 Å². The van der Waals surface area contributed by atoms with E-state index in [2.05, 4.69) is 13.0 Å². The molecule has 0 saturated heterocycles. The number of fused-ring (bicyclic) bond motifs is 1. The Balaban J connectivity index is 1.39. The van der Waals surface area contributed by atoms with Crippen LogP contribution in [-0.2, 0) is 6.61 Å². The molecule has 1 aliphatic heterocycles. The Morgan fingerprint density at radius 2 is 1.73 bits per heavy atom. The maximum absolute atomic E-state index is 13.0. The van der Waals surface area contributed by atoms with Gasteiger partial charge in [-0.3, -0.25) is 0 Å². The van der Waals surface area contributed by atoms with Crippen LogP contribution in [-0.4, -0.2) is 19.2 Å². The van der Waals surface area contributed by atoms with Gasteiger partial charge in [0.25, 0.3) is 0 Å². The molecule has 5 rings (SSSR count). The number of rotatable bonds is 12. The van der Waals surface area contributed by atoms with E-state index in [9.17, 15) is 10.1 Å². The number of esters is 1. The molecule has 0 radical (unpaired) electrons. The van der Waals surface area contributed by atoms with Crippen LogP contribution in [0.15, 0.2) is 96.4 Å². The third-order valence-electron chi connectivity index (χ3n) is 7.35. The van der Waals surface area contributed by atoms with E-state index in [-0.39, 0.29) is 17.2 Å². The number of hydrogen-bond acceptors (Lipinski definition) is 8. The van der Waals surface area contributed by atoms with Crippen molar-refractivity contribution in [1.82, 2.24) is 0 Å². The second-order valence-corrected chi connectivity index (χ2v) is 10.7. The zero-order valence-corrected chi connectivity index (χ0v) is 25.7. The fourth-order valence-corrected chi connectivity index (χ4v) is 4.99. The standard InChI is InChI=1S/C37H36N2O6/c1-4-6-18-42-28-9-7-8-27(19-28)37(40)44-29-15-16-30-33(21-29)45-36(39)31(22-38)35(30)26-14-17-32(34(20-26)41-5-2)43-23-25-12-10-24(3)11-13-25/h7-17,19-21,35H,4-6,18,23,39H2,1-3H3. The van der Waals surface area contributed by atoms with Crippen LogP contribution < -0.4 is 29.4 Å². The summed E-state index contributed by atoms with van der Waals surface area (Å²) in [5.41, 5.74) is 10.6. The topological polar surface area (TPSA) is 113 Å². The lowest BCUT2D eigenvalue weighted by Gasteiger charge is -2.27. The molecule has 2 N–H and O–H groups in total. The summed E-state index contributed by atoms with van der Waals surface area (Å²) in [7, 11) is 0. The number of allylic oxidation sites excluding steroid dienone is 1. The normalized spacial score (nSPS) is 13.7. The number of hydrogen-bond donors (Lipinski definition) is 1. The highest BCUT2D eigenvalue weighted by atomic mass is 16.5. The maximum atomic E-state index is 13.0. The van der Waals surface area contributed by atoms with Gasteiger partial charge in [-0.15, -0.1) is 0 Å². The van der Waals surface area contributed by atoms with Gasteiger partial charge in [-0.05, 0) is 67.8 Å². The summed E-state index contributed by atoms with van der Waals surface area (Å²) >= 11 is 0. The van der Waals surface area contributed by atoms with E-state index in [0.717, 1.165) is 24.0 Å². The average molecular weight is 605 g/mol. The number of benzene rings is 4. The smallest absolute Gasteiger partial charge is 0.343 e. The van der Waals surface area contributed by atoms with Crippen molar-refractivity contribution in [2.75, 3.05) is 13.2 Å². The van der Waals surface area contributed by atoms with E-state index in [1.54, 1.807) is 42.5 Å². The number of nitrogens with two attached hydrogens (primary N) is 1. The Labute approximate surface area is 263 Å². The molecule has 1 unspecified atom stereocenters. The molecule has 4 aromatic carbocycles. The van der Waals surface area contributed by atoms with Crippen molar-refractivity contribution >= 4 is 5.97 Å². The SMILES string of the molecule is CCCCOc1cccc(C(=O)Oc2ccc3c(c2)OC(N)=C(C#N)C3c2ccc(OCc3ccc(C)cc3)c(OCC)c2)c1. The minimum atomic E-state index is -0.536. The molecule has 45 heavy (non-hydrogen) atoms. The van der Waals surface area contributed by atoms with E-state index in [0.29, 0.717) is 53.9 Å². The fraction of sp³-hybridized carbons (Fsp3) is 0.243. The number of aryl methyl sites for hydroxylation is 1. The van der Waals surface area contributed by atoms with Crippen molar-refractivity contribution < 1.29 is 28.5 Å². The number of unbranched alkanes of at least 4 members (excludes halogenated alkanes) is 1. The summed E-state index contributed by atoms with van der Waals surface area (Å²) in [5, 5.41) is 10.1. The van der Waals surface area contributed by atoms with Crippen LogP contribution in [0.3, 0.4) is 0 Å². The van der Waals surface area contributed by atoms with Gasteiger partial charge in [0.1, 0.15) is 35.5 Å². The number of nitriles is 1. The molecule has 230 valence electrons. The van der Waals surface area contributed by atoms with E-state index in [4.69, 9.17) is 29.4 Å². The highest BCUT2D eigenvalue weighted by Gasteiger charge is 2.32. The molecule has 8 heteroatoms. The third-order valence-corrected chi connectivity index (χ3v) is 7.35. The first-order chi connectivity index (χ1) is 21.9. The lowest BCUT2D eigenvalue weighted by molar-refractivity contribution is 0.0734. The molecule has 8 nitrogen and oxygen atoms in total. The van der Waals surface area contributed by atoms with Gasteiger partial charge < -0.3 is 29.4 Å². The molecule has 1 aliphatic rings. The lowest BCUT2D eigenvalue weighted by Crippen LogP contribution is -2.21. The van der Waals surface area contributed by atoms with Crippen molar-refractivity contribution in [3.8, 4) is 34.8 Å². The third kappa shape index (κ3) is 7.39. The Hall–Kier alpha value is -5.42. The summed E-state index contributed by atoms with van der Waals surface area (Å²) in [6.07, 6.45) is 1.94. The monoisotopic (exact) mass is 604 g/mol. The molecule has 1 heterocycles. The predicted molar refractivity (Wildman–Crippen MR) is 171 cm³/mol. The largest absolute Gasteiger partial charge is 0.494 e. The Bertz CT molecular complexity index is 1740. The van der Waals surface area contributed by atoms with Crippen molar-refractivity contribution in [3.63, 3.8) is 0 Å². The summed E-state index contributed by atoms with van der Waals surface area (Å²) in [6, 6.07) is 27.9. The summed E-state index contributed by atoms with van der Waals surface area (Å²) < 4.78 is 29.3. The molecule has 1 atom stereocenters. The van der Waals surface area contributed by atoms with E-state index >= 15 is 0 Å². The van der Waals surface area contributed by atoms with E-state index < -0.39 is 11.9 Å². The molecule has 0 fully saturated rings. The number of carbonyl (C=O) groups is 1. The van der Waals surface area contributed by atoms with Gasteiger partial charge >= 0.3 is 5.97 Å². The lowest BCUT2D eigenvalue weighted by atomic mass is 9.83. The van der Waals surface area contributed by atoms with Gasteiger partial charge in [0.2, 0.25) is 5.88 Å². The second kappa shape index (κ2) is 14.4. The first-order valence-corrected chi connectivity index (χ1v) is 15.0. The van der Waals surface area contributed by atoms with E-state index in [1.807, 2.05) is 56.3 Å². The Kier molecular flexibility index (Phi) is 9.90. The van der Waals surface area contributed by atoms with Crippen LogP contribution >= 0.6 is 0 Å². The van der Waals surface area contributed by atoms with Crippen molar-refractivity contribution in [2.45, 2.75) is 46.1 Å². The van der Waals surface area contributed by atoms with Gasteiger partial charge in [0.05, 0.1) is 24.7 Å². The van der Waals surface area contributed by atoms with Crippen LogP contribution in [0.25, 0.3) is 0 Å². The van der Waals surface area contributed by atoms with Gasteiger partial charge in [-0.25, -0.2) is 4.79 Å². The zero-order valence-electron chi connectivity index (χ0n) is 25.7. The van der Waals surface area contributed by atoms with Crippen molar-refractivity contribution in [1.29, 1.82) is 5.26 Å². The number of ether oxygens (including phenoxy) is 5. The zero-order chi connectivity index (χ0) is 31.8. The average Bonchev–Trinajstić information content (AvgIpc) is 3.04. The van der Waals surface area contributed by atoms with E-state index in [1.165, 1.54) is 5.56 Å². The molecule has 0 amide bonds. The molecular formula is C37H36N2O6. The van der Waals surface area contributed by atoms with Crippen LogP contribution in [0.1, 0.15) is 65.2 Å². The van der Waals surface area contributed by atoms with Crippen LogP contribution in [0.2, 0.25) is 0 Å². The number of nitrogens with zero attached hydrogens (tertiary/aromatic N) is 1. The minimum Gasteiger partial charge on any atom is -0.494 e. The van der Waals surface area contributed by atoms with Gasteiger partial charge in [-0.2, -0.15) is 5.26 Å². The van der Waals surface area contributed by atoms with Crippen LogP contribution in [0, 0.1) is 18.3 Å². The molecule has 0 aromatic heterocycles. The highest BCUT2D eigenvalue weighted by Crippen LogP contribution is 2.45. The molecule has 4 aromatic rings. The van der Waals surface area contributed by atoms with Gasteiger partial charge in [0, 0.05) is 11.6 Å². The summed E-state index contributed by atoms with van der Waals surface area (Å²) in [5.74, 6) is 1.32. The summed E-state index contributed by atoms with van der Waals surface area (Å²) in [6.45, 7) is 7.42. The minimum absolute atomic E-state index is 0.0203. The Morgan fingerprint density at radius 3 is 2.49 bits per heavy atom. The predicted octanol–water partition coefficient (Wildman–Crippen LogP) is 7.59. The fourth-order valence-electron chi connectivity index (χ4n) is 4.99. The first kappa shape index (κ1) is 31.0. The van der Waals surface area contributed by atoms with Crippen molar-refractivity contribution in [2.24, 2.45) is 5.73 Å². The summed E-state index contributed by atoms with van der Waals surface area (Å²) in [4.78, 5) is 13.0. The quantitative estimate of drug-likeness (QED) is 0.1000. The van der Waals surface area contributed by atoms with Gasteiger partial charge in [0.15, 0.2) is 11.5 Å². The molecule has 0 bridgehead atoms. The maximum Gasteiger partial charge on any atom is 0.343 e. The highest BCUT2D eigenvalue weighted by molar-refractivity contribution is 5.91. The Morgan fingerprint density at radius 1 is 0.911 bits per heavy atom. The number of carbonyl (C=O) groups excluding carboxylic acids is 1. The molecular weight excluding hydrogens is 568 g/mol. The van der Waals surface area contributed by atoms with Gasteiger partial charge in [-0.1, -0.05) is 61.4 Å². The van der Waals surface area contributed by atoms with Crippen LogP contribution in [0.4, 0.5) is 0 Å². The molecule has 0 aliphatic carbocycles. The second-order valence-electron chi connectivity index (χ2n) is 10.7. The molecule has 0 saturated carbocycles. The molecule has 0 spiro atoms. The first-order valence-electron chi connectivity index (χ1n) is 15.0. The van der Waals surface area contributed by atoms with Crippen molar-refractivity contribution in [3.05, 3.63) is 124 Å².